The third kappa shape index (κ3) is 2.93. The molecular weight excluding hydrogens is 324 g/mol. The summed E-state index contributed by atoms with van der Waals surface area (Å²) in [6.45, 7) is 0.890. The number of hydrogen-bond donors (Lipinski definition) is 1. The lowest BCUT2D eigenvalue weighted by Gasteiger charge is -2.57. The fourth-order valence-electron chi connectivity index (χ4n) is 6.65. The van der Waals surface area contributed by atoms with E-state index >= 15 is 0 Å². The summed E-state index contributed by atoms with van der Waals surface area (Å²) >= 11 is 0. The van der Waals surface area contributed by atoms with E-state index in [1.807, 2.05) is 18.2 Å². The molecule has 4 bridgehead atoms. The van der Waals surface area contributed by atoms with E-state index in [4.69, 9.17) is 0 Å². The lowest BCUT2D eigenvalue weighted by molar-refractivity contribution is -0.135. The number of likely N-dealkylation sites (tertiary alicyclic amines) is 1. The van der Waals surface area contributed by atoms with Gasteiger partial charge in [0.05, 0.1) is 6.54 Å². The average molecular weight is 352 g/mol. The van der Waals surface area contributed by atoms with Crippen molar-refractivity contribution >= 4 is 11.8 Å². The van der Waals surface area contributed by atoms with E-state index in [-0.39, 0.29) is 29.8 Å². The van der Waals surface area contributed by atoms with Crippen molar-refractivity contribution in [2.24, 2.45) is 17.8 Å². The standard InChI is InChI=1S/C22H28N2O2/c25-20(23-22-10-15-6-16(11-22)8-17(7-15)12-22)14-24-13-19(9-21(24)26)18-4-2-1-3-5-18/h1-5,15-17,19H,6-14H2,(H,23,25)/t15?,16?,17?,19-,22?/m0/s1. The van der Waals surface area contributed by atoms with Crippen molar-refractivity contribution in [3.05, 3.63) is 35.9 Å². The summed E-state index contributed by atoms with van der Waals surface area (Å²) in [6, 6.07) is 10.2. The molecule has 0 unspecified atom stereocenters. The van der Waals surface area contributed by atoms with Gasteiger partial charge in [-0.05, 0) is 61.8 Å². The molecule has 0 radical (unpaired) electrons. The molecule has 0 aromatic heterocycles. The van der Waals surface area contributed by atoms with Gasteiger partial charge in [-0.15, -0.1) is 0 Å². The van der Waals surface area contributed by atoms with Crippen LogP contribution in [-0.2, 0) is 9.59 Å². The molecule has 4 heteroatoms. The highest BCUT2D eigenvalue weighted by Crippen LogP contribution is 2.55. The van der Waals surface area contributed by atoms with Crippen LogP contribution in [0.25, 0.3) is 0 Å². The maximum atomic E-state index is 12.8. The molecule has 6 rings (SSSR count). The molecule has 26 heavy (non-hydrogen) atoms. The van der Waals surface area contributed by atoms with E-state index in [1.54, 1.807) is 4.90 Å². The number of benzene rings is 1. The van der Waals surface area contributed by atoms with Crippen LogP contribution in [0.2, 0.25) is 0 Å². The molecule has 1 N–H and O–H groups in total. The van der Waals surface area contributed by atoms with Crippen molar-refractivity contribution < 1.29 is 9.59 Å². The van der Waals surface area contributed by atoms with Crippen molar-refractivity contribution in [2.75, 3.05) is 13.1 Å². The lowest BCUT2D eigenvalue weighted by Crippen LogP contribution is -2.61. The molecule has 4 nitrogen and oxygen atoms in total. The molecule has 5 aliphatic rings. The Morgan fingerprint density at radius 2 is 1.65 bits per heavy atom. The van der Waals surface area contributed by atoms with Crippen LogP contribution in [0, 0.1) is 17.8 Å². The first-order valence-electron chi connectivity index (χ1n) is 10.2. The highest BCUT2D eigenvalue weighted by molar-refractivity contribution is 5.87. The average Bonchev–Trinajstić information content (AvgIpc) is 2.94. The molecule has 5 fully saturated rings. The highest BCUT2D eigenvalue weighted by Gasteiger charge is 2.51. The second kappa shape index (κ2) is 6.11. The fraction of sp³-hybridized carbons (Fsp3) is 0.636. The molecule has 1 atom stereocenters. The Balaban J connectivity index is 1.22. The molecule has 1 heterocycles. The Kier molecular flexibility index (Phi) is 3.84. The normalized spacial score (nSPS) is 38.0. The van der Waals surface area contributed by atoms with E-state index in [1.165, 1.54) is 24.8 Å². The summed E-state index contributed by atoms with van der Waals surface area (Å²) < 4.78 is 0. The molecule has 1 aromatic rings. The van der Waals surface area contributed by atoms with Crippen LogP contribution in [0.4, 0.5) is 0 Å². The van der Waals surface area contributed by atoms with Crippen LogP contribution in [0.3, 0.4) is 0 Å². The smallest absolute Gasteiger partial charge is 0.240 e. The van der Waals surface area contributed by atoms with E-state index in [0.717, 1.165) is 37.0 Å². The Bertz CT molecular complexity index is 679. The van der Waals surface area contributed by atoms with Crippen molar-refractivity contribution in [1.29, 1.82) is 0 Å². The quantitative estimate of drug-likeness (QED) is 0.905. The van der Waals surface area contributed by atoms with Gasteiger partial charge < -0.3 is 10.2 Å². The lowest BCUT2D eigenvalue weighted by atomic mass is 9.53. The predicted molar refractivity (Wildman–Crippen MR) is 99.4 cm³/mol. The van der Waals surface area contributed by atoms with Gasteiger partial charge in [-0.25, -0.2) is 0 Å². The van der Waals surface area contributed by atoms with Gasteiger partial charge in [0.1, 0.15) is 0 Å². The zero-order valence-corrected chi connectivity index (χ0v) is 15.3. The first kappa shape index (κ1) is 16.3. The van der Waals surface area contributed by atoms with Crippen LogP contribution >= 0.6 is 0 Å². The number of nitrogens with one attached hydrogen (secondary N) is 1. The predicted octanol–water partition coefficient (Wildman–Crippen LogP) is 3.09. The summed E-state index contributed by atoms with van der Waals surface area (Å²) in [5, 5.41) is 3.39. The van der Waals surface area contributed by atoms with Gasteiger partial charge >= 0.3 is 0 Å². The first-order chi connectivity index (χ1) is 12.6. The summed E-state index contributed by atoms with van der Waals surface area (Å²) in [5.41, 5.74) is 1.23. The number of hydrogen-bond acceptors (Lipinski definition) is 2. The minimum absolute atomic E-state index is 0.0352. The summed E-state index contributed by atoms with van der Waals surface area (Å²) in [4.78, 5) is 26.9. The van der Waals surface area contributed by atoms with Gasteiger partial charge in [-0.1, -0.05) is 30.3 Å². The van der Waals surface area contributed by atoms with E-state index in [9.17, 15) is 9.59 Å². The summed E-state index contributed by atoms with van der Waals surface area (Å²) in [6.07, 6.45) is 8.12. The Hall–Kier alpha value is -1.84. The molecule has 4 aliphatic carbocycles. The largest absolute Gasteiger partial charge is 0.349 e. The van der Waals surface area contributed by atoms with Gasteiger partial charge in [0, 0.05) is 24.4 Å². The number of rotatable bonds is 4. The van der Waals surface area contributed by atoms with Crippen LogP contribution in [0.15, 0.2) is 30.3 Å². The summed E-state index contributed by atoms with van der Waals surface area (Å²) in [7, 11) is 0. The van der Waals surface area contributed by atoms with Crippen LogP contribution in [0.5, 0.6) is 0 Å². The molecule has 138 valence electrons. The molecule has 1 aromatic carbocycles. The molecule has 0 spiro atoms. The number of carbonyl (C=O) groups is 2. The number of nitrogens with zero attached hydrogens (tertiary/aromatic N) is 1. The Morgan fingerprint density at radius 1 is 1.04 bits per heavy atom. The van der Waals surface area contributed by atoms with Gasteiger partial charge in [-0.2, -0.15) is 0 Å². The van der Waals surface area contributed by atoms with Crippen LogP contribution < -0.4 is 5.32 Å². The second-order valence-corrected chi connectivity index (χ2v) is 9.33. The highest BCUT2D eigenvalue weighted by atomic mass is 16.2. The zero-order chi connectivity index (χ0) is 17.7. The van der Waals surface area contributed by atoms with Gasteiger partial charge in [0.2, 0.25) is 11.8 Å². The minimum Gasteiger partial charge on any atom is -0.349 e. The zero-order valence-electron chi connectivity index (χ0n) is 15.3. The monoisotopic (exact) mass is 352 g/mol. The van der Waals surface area contributed by atoms with Crippen molar-refractivity contribution in [2.45, 2.75) is 56.4 Å². The van der Waals surface area contributed by atoms with E-state index < -0.39 is 0 Å². The van der Waals surface area contributed by atoms with Gasteiger partial charge in [0.15, 0.2) is 0 Å². The SMILES string of the molecule is O=C(CN1C[C@@H](c2ccccc2)CC1=O)NC12CC3CC(CC(C3)C1)C2. The van der Waals surface area contributed by atoms with Crippen LogP contribution in [-0.4, -0.2) is 35.3 Å². The summed E-state index contributed by atoms with van der Waals surface area (Å²) in [5.74, 6) is 2.83. The topological polar surface area (TPSA) is 49.4 Å². The molecule has 1 aliphatic heterocycles. The Labute approximate surface area is 155 Å². The number of amides is 2. The first-order valence-corrected chi connectivity index (χ1v) is 10.2. The van der Waals surface area contributed by atoms with E-state index in [2.05, 4.69) is 17.4 Å². The Morgan fingerprint density at radius 3 is 2.27 bits per heavy atom. The number of carbonyl (C=O) groups excluding carboxylic acids is 2. The second-order valence-electron chi connectivity index (χ2n) is 9.33. The van der Waals surface area contributed by atoms with Gasteiger partial charge in [0.25, 0.3) is 0 Å². The molecule has 4 saturated carbocycles. The van der Waals surface area contributed by atoms with Crippen LogP contribution in [0.1, 0.15) is 56.4 Å². The third-order valence-electron chi connectivity index (χ3n) is 7.26. The van der Waals surface area contributed by atoms with Crippen molar-refractivity contribution in [3.8, 4) is 0 Å². The molecular formula is C22H28N2O2. The molecule has 2 amide bonds. The fourth-order valence-corrected chi connectivity index (χ4v) is 6.65. The van der Waals surface area contributed by atoms with Crippen molar-refractivity contribution in [3.63, 3.8) is 0 Å². The van der Waals surface area contributed by atoms with Crippen molar-refractivity contribution in [1.82, 2.24) is 10.2 Å². The maximum absolute atomic E-state index is 12.8. The third-order valence-corrected chi connectivity index (χ3v) is 7.26. The maximum Gasteiger partial charge on any atom is 0.240 e. The van der Waals surface area contributed by atoms with E-state index in [0.29, 0.717) is 13.0 Å². The minimum atomic E-state index is 0.0352. The van der Waals surface area contributed by atoms with Gasteiger partial charge in [-0.3, -0.25) is 9.59 Å². The molecule has 1 saturated heterocycles.